The lowest BCUT2D eigenvalue weighted by atomic mass is 10.4. The Bertz CT molecular complexity index is 228. The fourth-order valence-corrected chi connectivity index (χ4v) is 1.70. The summed E-state index contributed by atoms with van der Waals surface area (Å²) in [7, 11) is 0. The quantitative estimate of drug-likeness (QED) is 0.628. The Morgan fingerprint density at radius 2 is 2.00 bits per heavy atom. The van der Waals surface area contributed by atoms with Crippen LogP contribution in [0.1, 0.15) is 0 Å². The molecular weight excluding hydrogens is 166 g/mol. The van der Waals surface area contributed by atoms with Crippen molar-refractivity contribution < 1.29 is 0 Å². The summed E-state index contributed by atoms with van der Waals surface area (Å²) in [5.74, 6) is 0. The van der Waals surface area contributed by atoms with Crippen LogP contribution in [0.5, 0.6) is 0 Å². The van der Waals surface area contributed by atoms with Crippen LogP contribution in [0.3, 0.4) is 0 Å². The second kappa shape index (κ2) is 4.78. The van der Waals surface area contributed by atoms with E-state index in [0.717, 1.165) is 13.1 Å². The maximum Gasteiger partial charge on any atom is 0.0480 e. The molecule has 1 heterocycles. The van der Waals surface area contributed by atoms with Gasteiger partial charge in [0.25, 0.3) is 0 Å². The molecule has 0 aliphatic rings. The summed E-state index contributed by atoms with van der Waals surface area (Å²) in [6.45, 7) is 9.20. The van der Waals surface area contributed by atoms with Gasteiger partial charge in [0.05, 0.1) is 0 Å². The number of anilines is 1. The zero-order chi connectivity index (χ0) is 8.81. The summed E-state index contributed by atoms with van der Waals surface area (Å²) in [5.41, 5.74) is 1.25. The van der Waals surface area contributed by atoms with Crippen molar-refractivity contribution >= 4 is 17.0 Å². The molecule has 0 saturated heterocycles. The van der Waals surface area contributed by atoms with E-state index in [2.05, 4.69) is 34.9 Å². The van der Waals surface area contributed by atoms with Crippen LogP contribution in [-0.2, 0) is 0 Å². The predicted molar refractivity (Wildman–Crippen MR) is 56.9 cm³/mol. The van der Waals surface area contributed by atoms with Gasteiger partial charge in [-0.05, 0) is 11.4 Å². The van der Waals surface area contributed by atoms with Gasteiger partial charge < -0.3 is 4.90 Å². The lowest BCUT2D eigenvalue weighted by molar-refractivity contribution is 0.961. The highest BCUT2D eigenvalue weighted by Gasteiger charge is 2.01. The van der Waals surface area contributed by atoms with Crippen LogP contribution in [0.15, 0.2) is 42.1 Å². The fourth-order valence-electron chi connectivity index (χ4n) is 1.03. The monoisotopic (exact) mass is 179 g/mol. The summed E-state index contributed by atoms with van der Waals surface area (Å²) >= 11 is 1.71. The summed E-state index contributed by atoms with van der Waals surface area (Å²) < 4.78 is 0. The minimum atomic E-state index is 0.878. The molecule has 64 valence electrons. The van der Waals surface area contributed by atoms with Gasteiger partial charge in [-0.25, -0.2) is 0 Å². The van der Waals surface area contributed by atoms with Gasteiger partial charge in [0.1, 0.15) is 0 Å². The van der Waals surface area contributed by atoms with E-state index >= 15 is 0 Å². The minimum absolute atomic E-state index is 0.878. The average Bonchev–Trinajstić information content (AvgIpc) is 2.56. The fraction of sp³-hybridized carbons (Fsp3) is 0.200. The van der Waals surface area contributed by atoms with Crippen LogP contribution in [0, 0.1) is 0 Å². The van der Waals surface area contributed by atoms with Gasteiger partial charge in [-0.1, -0.05) is 12.2 Å². The maximum absolute atomic E-state index is 3.72. The van der Waals surface area contributed by atoms with E-state index in [0.29, 0.717) is 0 Å². The minimum Gasteiger partial charge on any atom is -0.363 e. The average molecular weight is 179 g/mol. The molecule has 12 heavy (non-hydrogen) atoms. The molecule has 0 fully saturated rings. The predicted octanol–water partition coefficient (Wildman–Crippen LogP) is 2.93. The third-order valence-electron chi connectivity index (χ3n) is 1.57. The van der Waals surface area contributed by atoms with Crippen molar-refractivity contribution in [3.63, 3.8) is 0 Å². The highest BCUT2D eigenvalue weighted by Crippen LogP contribution is 2.17. The smallest absolute Gasteiger partial charge is 0.0480 e. The summed E-state index contributed by atoms with van der Waals surface area (Å²) in [6.07, 6.45) is 3.81. The second-order valence-electron chi connectivity index (χ2n) is 2.46. The molecule has 0 radical (unpaired) electrons. The van der Waals surface area contributed by atoms with Gasteiger partial charge in [-0.2, -0.15) is 11.3 Å². The molecule has 0 atom stereocenters. The first kappa shape index (κ1) is 9.07. The van der Waals surface area contributed by atoms with E-state index in [-0.39, 0.29) is 0 Å². The summed E-state index contributed by atoms with van der Waals surface area (Å²) in [5, 5.41) is 4.21. The van der Waals surface area contributed by atoms with Crippen molar-refractivity contribution in [2.24, 2.45) is 0 Å². The summed E-state index contributed by atoms with van der Waals surface area (Å²) in [6, 6.07) is 2.11. The van der Waals surface area contributed by atoms with Crippen LogP contribution in [0.2, 0.25) is 0 Å². The van der Waals surface area contributed by atoms with E-state index in [9.17, 15) is 0 Å². The SMILES string of the molecule is C=CCN(CC=C)c1ccsc1. The largest absolute Gasteiger partial charge is 0.363 e. The molecule has 1 rings (SSSR count). The Labute approximate surface area is 77.6 Å². The van der Waals surface area contributed by atoms with E-state index < -0.39 is 0 Å². The van der Waals surface area contributed by atoms with Crippen LogP contribution in [0.4, 0.5) is 5.69 Å². The van der Waals surface area contributed by atoms with Crippen LogP contribution < -0.4 is 4.90 Å². The van der Waals surface area contributed by atoms with Gasteiger partial charge >= 0.3 is 0 Å². The van der Waals surface area contributed by atoms with E-state index in [1.807, 2.05) is 12.2 Å². The van der Waals surface area contributed by atoms with Gasteiger partial charge in [0.15, 0.2) is 0 Å². The zero-order valence-electron chi connectivity index (χ0n) is 7.07. The van der Waals surface area contributed by atoms with E-state index in [1.165, 1.54) is 5.69 Å². The molecule has 0 N–H and O–H groups in total. The first-order valence-electron chi connectivity index (χ1n) is 3.87. The highest BCUT2D eigenvalue weighted by molar-refractivity contribution is 7.08. The second-order valence-corrected chi connectivity index (χ2v) is 3.24. The maximum atomic E-state index is 3.72. The lowest BCUT2D eigenvalue weighted by Gasteiger charge is -2.19. The number of hydrogen-bond donors (Lipinski definition) is 0. The number of hydrogen-bond acceptors (Lipinski definition) is 2. The molecule has 1 aromatic heterocycles. The molecule has 0 aliphatic carbocycles. The first-order chi connectivity index (χ1) is 5.88. The Morgan fingerprint density at radius 1 is 1.33 bits per heavy atom. The van der Waals surface area contributed by atoms with Crippen LogP contribution in [-0.4, -0.2) is 13.1 Å². The number of nitrogens with zero attached hydrogens (tertiary/aromatic N) is 1. The molecule has 2 heteroatoms. The zero-order valence-corrected chi connectivity index (χ0v) is 7.89. The molecule has 0 bridgehead atoms. The van der Waals surface area contributed by atoms with Crippen LogP contribution in [0.25, 0.3) is 0 Å². The van der Waals surface area contributed by atoms with Crippen molar-refractivity contribution in [1.29, 1.82) is 0 Å². The molecule has 0 saturated carbocycles. The molecule has 0 aromatic carbocycles. The normalized spacial score (nSPS) is 9.33. The Kier molecular flexibility index (Phi) is 3.61. The standard InChI is InChI=1S/C10H13NS/c1-3-6-11(7-4-2)10-5-8-12-9-10/h3-5,8-9H,1-2,6-7H2. The Morgan fingerprint density at radius 3 is 2.42 bits per heavy atom. The molecule has 0 spiro atoms. The summed E-state index contributed by atoms with van der Waals surface area (Å²) in [4.78, 5) is 2.22. The Hall–Kier alpha value is -1.02. The van der Waals surface area contributed by atoms with Crippen molar-refractivity contribution in [3.05, 3.63) is 42.1 Å². The first-order valence-corrected chi connectivity index (χ1v) is 4.81. The molecule has 1 nitrogen and oxygen atoms in total. The highest BCUT2D eigenvalue weighted by atomic mass is 32.1. The van der Waals surface area contributed by atoms with Crippen molar-refractivity contribution in [3.8, 4) is 0 Å². The molecule has 0 amide bonds. The number of thiophene rings is 1. The Balaban J connectivity index is 2.65. The van der Waals surface area contributed by atoms with Crippen molar-refractivity contribution in [2.75, 3.05) is 18.0 Å². The lowest BCUT2D eigenvalue weighted by Crippen LogP contribution is -2.22. The van der Waals surface area contributed by atoms with E-state index in [4.69, 9.17) is 0 Å². The van der Waals surface area contributed by atoms with Gasteiger partial charge in [0, 0.05) is 24.2 Å². The topological polar surface area (TPSA) is 3.24 Å². The van der Waals surface area contributed by atoms with Crippen molar-refractivity contribution in [2.45, 2.75) is 0 Å². The van der Waals surface area contributed by atoms with E-state index in [1.54, 1.807) is 11.3 Å². The van der Waals surface area contributed by atoms with Gasteiger partial charge in [0.2, 0.25) is 0 Å². The van der Waals surface area contributed by atoms with Gasteiger partial charge in [-0.15, -0.1) is 13.2 Å². The molecular formula is C10H13NS. The molecule has 1 aromatic rings. The van der Waals surface area contributed by atoms with Crippen molar-refractivity contribution in [1.82, 2.24) is 0 Å². The molecule has 0 aliphatic heterocycles. The van der Waals surface area contributed by atoms with Gasteiger partial charge in [-0.3, -0.25) is 0 Å². The number of rotatable bonds is 5. The van der Waals surface area contributed by atoms with Crippen LogP contribution >= 0.6 is 11.3 Å². The third kappa shape index (κ3) is 2.24. The third-order valence-corrected chi connectivity index (χ3v) is 2.24. The molecule has 0 unspecified atom stereocenters.